The van der Waals surface area contributed by atoms with Crippen molar-refractivity contribution in [1.82, 2.24) is 0 Å². The first-order chi connectivity index (χ1) is 35.5. The number of amides is 3. The molecule has 0 saturated carbocycles. The topological polar surface area (TPSA) is 189 Å². The van der Waals surface area contributed by atoms with Gasteiger partial charge in [-0.15, -0.1) is 0 Å². The lowest BCUT2D eigenvalue weighted by atomic mass is 9.72. The van der Waals surface area contributed by atoms with Gasteiger partial charge in [-0.1, -0.05) is 42.5 Å². The number of benzene rings is 7. The fourth-order valence-corrected chi connectivity index (χ4v) is 8.20. The largest absolute Gasteiger partial charge is 0.506 e. The summed E-state index contributed by atoms with van der Waals surface area (Å²) in [5, 5.41) is 50.0. The number of rotatable bonds is 13. The number of hydrogen-bond donors (Lipinski definition) is 8. The molecule has 0 aliphatic heterocycles. The van der Waals surface area contributed by atoms with Crippen molar-refractivity contribution in [2.75, 3.05) is 28.3 Å². The van der Waals surface area contributed by atoms with Crippen molar-refractivity contribution in [2.45, 2.75) is 35.5 Å². The minimum absolute atomic E-state index is 0.00183. The van der Waals surface area contributed by atoms with Gasteiger partial charge in [-0.05, 0) is 131 Å². The summed E-state index contributed by atoms with van der Waals surface area (Å²) in [5.41, 5.74) is -19.0. The molecule has 0 saturated heterocycles. The molecule has 0 atom stereocenters. The van der Waals surface area contributed by atoms with Crippen molar-refractivity contribution in [3.05, 3.63) is 191 Å². The SMILES string of the molecule is CNc1cc(C(c2ccc(O)c(NC(=O)c3ccc(Oc4ccc(C(=O)Nc5cc(C(c6ccc(O)c(NC(=O)c7ccccc7)c6)(C(F)(F)F)C(F)(F)F)ccc5O)cc4)cc3)c2)(C(F)(F)F)C(F)(F)F)ccc1O. The lowest BCUT2D eigenvalue weighted by Gasteiger charge is -2.38. The van der Waals surface area contributed by atoms with Crippen LogP contribution in [0.1, 0.15) is 53.3 Å². The minimum Gasteiger partial charge on any atom is -0.506 e. The van der Waals surface area contributed by atoms with E-state index in [0.717, 1.165) is 31.3 Å². The van der Waals surface area contributed by atoms with Crippen molar-refractivity contribution in [3.63, 3.8) is 0 Å². The van der Waals surface area contributed by atoms with Crippen LogP contribution in [0.5, 0.6) is 34.5 Å². The van der Waals surface area contributed by atoms with Crippen molar-refractivity contribution in [2.24, 2.45) is 0 Å². The predicted octanol–water partition coefficient (Wildman–Crippen LogP) is 12.9. The molecule has 0 heterocycles. The Kier molecular flexibility index (Phi) is 14.6. The Balaban J connectivity index is 1.08. The van der Waals surface area contributed by atoms with Gasteiger partial charge in [-0.25, -0.2) is 0 Å². The molecular weight excluding hydrogens is 1040 g/mol. The predicted molar refractivity (Wildman–Crippen MR) is 251 cm³/mol. The van der Waals surface area contributed by atoms with Crippen LogP contribution in [0.25, 0.3) is 0 Å². The standard InChI is InChI=1S/C52H36F12N4O8/c1-65-36-23-30(11-19-40(36)69)47(49(53,54)55,50(56,57)58)31-12-20-42(71)38(24-31)67-45(74)28-7-15-34(16-8-28)76-35-17-9-29(10-18-35)46(75)68-39-26-33(14-22-43(39)72)48(51(59,60)61,52(62,63)64)32-13-21-41(70)37(25-32)66-44(73)27-5-3-2-4-6-27/h2-26,65,69-72H,1H3,(H,66,73)(H,67,74)(H,68,75). The van der Waals surface area contributed by atoms with E-state index in [1.54, 1.807) is 0 Å². The Morgan fingerprint density at radius 2 is 0.632 bits per heavy atom. The zero-order valence-electron chi connectivity index (χ0n) is 38.4. The molecule has 3 amide bonds. The van der Waals surface area contributed by atoms with Gasteiger partial charge in [-0.3, -0.25) is 14.4 Å². The van der Waals surface area contributed by atoms with Crippen LogP contribution in [0.15, 0.2) is 152 Å². The number of phenols is 4. The second-order valence-electron chi connectivity index (χ2n) is 16.5. The van der Waals surface area contributed by atoms with E-state index in [1.807, 2.05) is 0 Å². The van der Waals surface area contributed by atoms with Crippen molar-refractivity contribution < 1.29 is 92.2 Å². The summed E-state index contributed by atoms with van der Waals surface area (Å²) in [7, 11) is 1.15. The van der Waals surface area contributed by atoms with E-state index in [1.165, 1.54) is 54.6 Å². The van der Waals surface area contributed by atoms with Gasteiger partial charge in [0, 0.05) is 23.7 Å². The van der Waals surface area contributed by atoms with Crippen LogP contribution in [0.2, 0.25) is 0 Å². The number of carbonyl (C=O) groups excluding carboxylic acids is 3. The third-order valence-electron chi connectivity index (χ3n) is 11.9. The molecule has 0 aliphatic rings. The Labute approximate surface area is 420 Å². The molecule has 76 heavy (non-hydrogen) atoms. The van der Waals surface area contributed by atoms with Crippen molar-refractivity contribution in [3.8, 4) is 34.5 Å². The molecule has 12 nitrogen and oxygen atoms in total. The summed E-state index contributed by atoms with van der Waals surface area (Å²) in [6.45, 7) is 0. The maximum Gasteiger partial charge on any atom is 0.411 e. The molecule has 8 N–H and O–H groups in total. The Morgan fingerprint density at radius 1 is 0.368 bits per heavy atom. The van der Waals surface area contributed by atoms with E-state index in [0.29, 0.717) is 66.7 Å². The molecule has 0 radical (unpaired) electrons. The van der Waals surface area contributed by atoms with Gasteiger partial charge in [0.05, 0.1) is 22.7 Å². The van der Waals surface area contributed by atoms with E-state index < -0.39 is 121 Å². The van der Waals surface area contributed by atoms with Crippen LogP contribution in [-0.4, -0.2) is 69.9 Å². The molecule has 24 heteroatoms. The zero-order valence-corrected chi connectivity index (χ0v) is 38.4. The Bertz CT molecular complexity index is 3280. The second-order valence-corrected chi connectivity index (χ2v) is 16.5. The summed E-state index contributed by atoms with van der Waals surface area (Å²) in [5.74, 6) is -6.59. The van der Waals surface area contributed by atoms with Gasteiger partial charge in [0.15, 0.2) is 0 Å². The molecule has 0 unspecified atom stereocenters. The van der Waals surface area contributed by atoms with Crippen LogP contribution in [0.3, 0.4) is 0 Å². The molecule has 7 rings (SSSR count). The van der Waals surface area contributed by atoms with E-state index >= 15 is 26.3 Å². The average Bonchev–Trinajstić information content (AvgIpc) is 3.38. The number of halogens is 12. The van der Waals surface area contributed by atoms with Gasteiger partial charge >= 0.3 is 24.7 Å². The van der Waals surface area contributed by atoms with Gasteiger partial charge < -0.3 is 46.4 Å². The van der Waals surface area contributed by atoms with Crippen molar-refractivity contribution in [1.29, 1.82) is 0 Å². The fraction of sp³-hybridized carbons (Fsp3) is 0.135. The van der Waals surface area contributed by atoms with Gasteiger partial charge in [0.1, 0.15) is 34.5 Å². The highest BCUT2D eigenvalue weighted by molar-refractivity contribution is 6.06. The maximum atomic E-state index is 15.2. The van der Waals surface area contributed by atoms with Gasteiger partial charge in [0.25, 0.3) is 17.7 Å². The number of carbonyl (C=O) groups is 3. The maximum absolute atomic E-state index is 15.2. The first-order valence-corrected chi connectivity index (χ1v) is 21.7. The van der Waals surface area contributed by atoms with Crippen LogP contribution >= 0.6 is 0 Å². The molecule has 7 aromatic rings. The number of aromatic hydroxyl groups is 4. The van der Waals surface area contributed by atoms with Crippen LogP contribution < -0.4 is 26.0 Å². The lowest BCUT2D eigenvalue weighted by molar-refractivity contribution is -0.290. The van der Waals surface area contributed by atoms with Gasteiger partial charge in [0.2, 0.25) is 10.8 Å². The normalized spacial score (nSPS) is 12.4. The molecule has 0 fully saturated rings. The molecule has 0 spiro atoms. The zero-order chi connectivity index (χ0) is 55.8. The van der Waals surface area contributed by atoms with E-state index in [9.17, 15) is 61.2 Å². The van der Waals surface area contributed by atoms with Crippen LogP contribution in [0.4, 0.5) is 75.4 Å². The fourth-order valence-electron chi connectivity index (χ4n) is 8.20. The highest BCUT2D eigenvalue weighted by Crippen LogP contribution is 2.59. The number of nitrogens with one attached hydrogen (secondary N) is 4. The molecule has 0 aliphatic carbocycles. The number of alkyl halides is 12. The van der Waals surface area contributed by atoms with E-state index in [-0.39, 0.29) is 34.3 Å². The number of hydrogen-bond acceptors (Lipinski definition) is 9. The van der Waals surface area contributed by atoms with Gasteiger partial charge in [-0.2, -0.15) is 52.7 Å². The van der Waals surface area contributed by atoms with Crippen molar-refractivity contribution >= 4 is 40.5 Å². The first kappa shape index (κ1) is 54.7. The smallest absolute Gasteiger partial charge is 0.411 e. The second kappa shape index (κ2) is 20.3. The summed E-state index contributed by atoms with van der Waals surface area (Å²) in [6.07, 6.45) is -24.5. The molecule has 0 bridgehead atoms. The summed E-state index contributed by atoms with van der Waals surface area (Å²) >= 11 is 0. The lowest BCUT2D eigenvalue weighted by Crippen LogP contribution is -2.54. The van der Waals surface area contributed by atoms with Crippen LogP contribution in [-0.2, 0) is 10.8 Å². The van der Waals surface area contributed by atoms with E-state index in [2.05, 4.69) is 21.3 Å². The summed E-state index contributed by atoms with van der Waals surface area (Å²) < 4.78 is 186. The highest BCUT2D eigenvalue weighted by atomic mass is 19.4. The molecule has 396 valence electrons. The van der Waals surface area contributed by atoms with E-state index in [4.69, 9.17) is 4.74 Å². The third-order valence-corrected chi connectivity index (χ3v) is 11.9. The number of anilines is 4. The first-order valence-electron chi connectivity index (χ1n) is 21.7. The molecular formula is C52H36F12N4O8. The summed E-state index contributed by atoms with van der Waals surface area (Å²) in [6, 6.07) is 21.3. The number of ether oxygens (including phenoxy) is 1. The highest BCUT2D eigenvalue weighted by Gasteiger charge is 2.74. The Morgan fingerprint density at radius 3 is 0.908 bits per heavy atom. The minimum atomic E-state index is -6.19. The Hall–Kier alpha value is -9.09. The molecule has 0 aromatic heterocycles. The monoisotopic (exact) mass is 1070 g/mol. The number of phenolic OH excluding ortho intramolecular Hbond substituents is 4. The third kappa shape index (κ3) is 10.2. The molecule has 7 aromatic carbocycles. The average molecular weight is 1070 g/mol. The quantitative estimate of drug-likeness (QED) is 0.0410. The summed E-state index contributed by atoms with van der Waals surface area (Å²) in [4.78, 5) is 39.3. The van der Waals surface area contributed by atoms with Crippen LogP contribution in [0, 0.1) is 0 Å².